The van der Waals surface area contributed by atoms with Crippen LogP contribution in [0.3, 0.4) is 0 Å². The Hall–Kier alpha value is -2.27. The van der Waals surface area contributed by atoms with Gasteiger partial charge in [0.1, 0.15) is 5.75 Å². The lowest BCUT2D eigenvalue weighted by Gasteiger charge is -2.26. The molecule has 0 atom stereocenters. The molecule has 1 saturated heterocycles. The molecule has 0 amide bonds. The molecule has 1 aromatic carbocycles. The highest BCUT2D eigenvalue weighted by Gasteiger charge is 2.09. The molecule has 0 saturated carbocycles. The molecular formula is C20H26N2O3. The summed E-state index contributed by atoms with van der Waals surface area (Å²) in [7, 11) is 0. The fourth-order valence-electron chi connectivity index (χ4n) is 3.27. The number of aromatic hydroxyl groups is 1. The van der Waals surface area contributed by atoms with E-state index in [0.717, 1.165) is 24.4 Å². The zero-order valence-corrected chi connectivity index (χ0v) is 14.8. The monoisotopic (exact) mass is 342 g/mol. The van der Waals surface area contributed by atoms with E-state index in [4.69, 9.17) is 4.74 Å². The Kier molecular flexibility index (Phi) is 5.76. The number of nitrogens with zero attached hydrogens (tertiary/aromatic N) is 2. The lowest BCUT2D eigenvalue weighted by molar-refractivity contribution is 0.205. The van der Waals surface area contributed by atoms with Crippen LogP contribution in [0, 0.1) is 6.92 Å². The number of hydrogen-bond acceptors (Lipinski definition) is 4. The zero-order chi connectivity index (χ0) is 17.6. The third-order valence-corrected chi connectivity index (χ3v) is 4.76. The first-order chi connectivity index (χ1) is 12.1. The Labute approximate surface area is 148 Å². The van der Waals surface area contributed by atoms with E-state index < -0.39 is 0 Å². The smallest absolute Gasteiger partial charge is 0.223 e. The van der Waals surface area contributed by atoms with Crippen LogP contribution in [-0.2, 0) is 0 Å². The molecule has 134 valence electrons. The van der Waals surface area contributed by atoms with E-state index in [1.165, 1.54) is 38.4 Å². The largest absolute Gasteiger partial charge is 0.503 e. The topological polar surface area (TPSA) is 54.7 Å². The zero-order valence-electron chi connectivity index (χ0n) is 14.8. The van der Waals surface area contributed by atoms with Crippen LogP contribution >= 0.6 is 0 Å². The fourth-order valence-corrected chi connectivity index (χ4v) is 3.27. The lowest BCUT2D eigenvalue weighted by Crippen LogP contribution is -2.31. The van der Waals surface area contributed by atoms with Gasteiger partial charge in [-0.2, -0.15) is 0 Å². The maximum Gasteiger partial charge on any atom is 0.223 e. The number of ether oxygens (including phenoxy) is 1. The molecular weight excluding hydrogens is 316 g/mol. The number of rotatable bonds is 6. The molecule has 0 bridgehead atoms. The summed E-state index contributed by atoms with van der Waals surface area (Å²) in [6.45, 7) is 5.99. The van der Waals surface area contributed by atoms with Crippen LogP contribution in [0.15, 0.2) is 41.3 Å². The summed E-state index contributed by atoms with van der Waals surface area (Å²) in [5.41, 5.74) is 1.05. The van der Waals surface area contributed by atoms with Gasteiger partial charge in [0, 0.05) is 24.5 Å². The fraction of sp³-hybridized carbons (Fsp3) is 0.450. The van der Waals surface area contributed by atoms with E-state index in [9.17, 15) is 9.90 Å². The van der Waals surface area contributed by atoms with Crippen molar-refractivity contribution in [2.45, 2.75) is 32.6 Å². The van der Waals surface area contributed by atoms with Gasteiger partial charge in [0.05, 0.1) is 12.3 Å². The van der Waals surface area contributed by atoms with E-state index in [1.807, 2.05) is 24.3 Å². The van der Waals surface area contributed by atoms with E-state index in [-0.39, 0.29) is 11.2 Å². The van der Waals surface area contributed by atoms with Gasteiger partial charge >= 0.3 is 0 Å². The highest BCUT2D eigenvalue weighted by atomic mass is 16.5. The first kappa shape index (κ1) is 17.5. The Morgan fingerprint density at radius 3 is 2.52 bits per heavy atom. The molecule has 1 aliphatic rings. The van der Waals surface area contributed by atoms with Crippen molar-refractivity contribution in [2.24, 2.45) is 0 Å². The van der Waals surface area contributed by atoms with Crippen LogP contribution in [0.1, 0.15) is 31.4 Å². The van der Waals surface area contributed by atoms with Crippen molar-refractivity contribution in [1.82, 2.24) is 9.47 Å². The first-order valence-corrected chi connectivity index (χ1v) is 9.02. The molecule has 3 rings (SSSR count). The van der Waals surface area contributed by atoms with E-state index in [1.54, 1.807) is 17.7 Å². The van der Waals surface area contributed by atoms with Crippen LogP contribution in [0.25, 0.3) is 5.69 Å². The lowest BCUT2D eigenvalue weighted by atomic mass is 10.1. The molecule has 0 spiro atoms. The summed E-state index contributed by atoms with van der Waals surface area (Å²) in [4.78, 5) is 14.0. The summed E-state index contributed by atoms with van der Waals surface area (Å²) in [5, 5.41) is 9.79. The molecule has 2 aromatic rings. The second-order valence-electron chi connectivity index (χ2n) is 6.58. The maximum absolute atomic E-state index is 11.5. The van der Waals surface area contributed by atoms with Gasteiger partial charge in [-0.1, -0.05) is 6.42 Å². The normalized spacial score (nSPS) is 15.2. The van der Waals surface area contributed by atoms with Crippen molar-refractivity contribution in [3.63, 3.8) is 0 Å². The van der Waals surface area contributed by atoms with Gasteiger partial charge in [0.25, 0.3) is 0 Å². The van der Waals surface area contributed by atoms with Crippen LogP contribution < -0.4 is 10.2 Å². The molecule has 5 nitrogen and oxygen atoms in total. The quantitative estimate of drug-likeness (QED) is 0.820. The third kappa shape index (κ3) is 4.42. The number of piperidine rings is 1. The van der Waals surface area contributed by atoms with Crippen molar-refractivity contribution >= 4 is 0 Å². The van der Waals surface area contributed by atoms with Crippen LogP contribution in [0.2, 0.25) is 0 Å². The van der Waals surface area contributed by atoms with Gasteiger partial charge in [-0.3, -0.25) is 4.79 Å². The summed E-state index contributed by atoms with van der Waals surface area (Å²) in [6.07, 6.45) is 6.72. The summed E-state index contributed by atoms with van der Waals surface area (Å²) < 4.78 is 7.61. The highest BCUT2D eigenvalue weighted by molar-refractivity contribution is 5.41. The molecule has 1 aromatic heterocycles. The van der Waals surface area contributed by atoms with Crippen LogP contribution in [0.4, 0.5) is 0 Å². The van der Waals surface area contributed by atoms with E-state index in [2.05, 4.69) is 4.90 Å². The van der Waals surface area contributed by atoms with E-state index >= 15 is 0 Å². The van der Waals surface area contributed by atoms with Crippen molar-refractivity contribution in [1.29, 1.82) is 0 Å². The number of pyridine rings is 1. The molecule has 5 heteroatoms. The van der Waals surface area contributed by atoms with Crippen LogP contribution in [0.5, 0.6) is 11.5 Å². The van der Waals surface area contributed by atoms with Crippen molar-refractivity contribution in [3.8, 4) is 17.2 Å². The average Bonchev–Trinajstić information content (AvgIpc) is 2.65. The predicted molar refractivity (Wildman–Crippen MR) is 98.8 cm³/mol. The summed E-state index contributed by atoms with van der Waals surface area (Å²) in [6, 6.07) is 9.07. The molecule has 0 unspecified atom stereocenters. The Morgan fingerprint density at radius 1 is 1.08 bits per heavy atom. The minimum Gasteiger partial charge on any atom is -0.503 e. The van der Waals surface area contributed by atoms with Gasteiger partial charge in [-0.25, -0.2) is 0 Å². The summed E-state index contributed by atoms with van der Waals surface area (Å²) in [5.74, 6) is 0.630. The van der Waals surface area contributed by atoms with Gasteiger partial charge in [-0.05, 0) is 63.5 Å². The number of hydrogen-bond donors (Lipinski definition) is 1. The molecule has 25 heavy (non-hydrogen) atoms. The van der Waals surface area contributed by atoms with Crippen LogP contribution in [-0.4, -0.2) is 40.8 Å². The second kappa shape index (κ2) is 8.21. The van der Waals surface area contributed by atoms with Crippen molar-refractivity contribution < 1.29 is 9.84 Å². The van der Waals surface area contributed by atoms with Crippen molar-refractivity contribution in [2.75, 3.05) is 26.2 Å². The van der Waals surface area contributed by atoms with Gasteiger partial charge in [0.15, 0.2) is 5.75 Å². The molecule has 1 fully saturated rings. The third-order valence-electron chi connectivity index (χ3n) is 4.76. The molecule has 2 heterocycles. The number of benzene rings is 1. The Morgan fingerprint density at radius 2 is 1.80 bits per heavy atom. The molecule has 1 N–H and O–H groups in total. The standard InChI is InChI=1S/C20H26N2O3/c1-16-20(24)19(23)10-14-22(16)17-6-8-18(9-7-17)25-15-5-13-21-11-3-2-4-12-21/h6-10,14,24H,2-5,11-13,15H2,1H3. The van der Waals surface area contributed by atoms with Crippen molar-refractivity contribution in [3.05, 3.63) is 52.4 Å². The summed E-state index contributed by atoms with van der Waals surface area (Å²) >= 11 is 0. The predicted octanol–water partition coefficient (Wildman–Crippen LogP) is 3.11. The molecule has 0 aliphatic carbocycles. The Bertz CT molecular complexity index is 747. The highest BCUT2D eigenvalue weighted by Crippen LogP contribution is 2.19. The first-order valence-electron chi connectivity index (χ1n) is 9.02. The maximum atomic E-state index is 11.5. The molecule has 1 aliphatic heterocycles. The van der Waals surface area contributed by atoms with Gasteiger partial charge in [0.2, 0.25) is 5.43 Å². The van der Waals surface area contributed by atoms with E-state index in [0.29, 0.717) is 12.3 Å². The molecule has 0 radical (unpaired) electrons. The Balaban J connectivity index is 1.54. The minimum atomic E-state index is -0.359. The number of aromatic nitrogens is 1. The second-order valence-corrected chi connectivity index (χ2v) is 6.58. The number of likely N-dealkylation sites (tertiary alicyclic amines) is 1. The SMILES string of the molecule is Cc1c(O)c(=O)ccn1-c1ccc(OCCCN2CCCCC2)cc1. The minimum absolute atomic E-state index is 0.208. The van der Waals surface area contributed by atoms with Gasteiger partial charge < -0.3 is 19.3 Å². The van der Waals surface area contributed by atoms with Gasteiger partial charge in [-0.15, -0.1) is 0 Å². The average molecular weight is 342 g/mol.